The highest BCUT2D eigenvalue weighted by Crippen LogP contribution is 2.33. The van der Waals surface area contributed by atoms with Crippen LogP contribution in [-0.4, -0.2) is 4.98 Å². The van der Waals surface area contributed by atoms with Gasteiger partial charge in [0.15, 0.2) is 0 Å². The molecule has 0 unspecified atom stereocenters. The maximum Gasteiger partial charge on any atom is 0.0797 e. The number of hydrogen-bond acceptors (Lipinski definition) is 2. The number of aromatic nitrogens is 1. The van der Waals surface area contributed by atoms with Crippen LogP contribution in [0.3, 0.4) is 0 Å². The standard InChI is InChI=1S/C14H17NS/c1-10-11(13-8-15-9-16-13)6-5-7-12(10)14(2,3)4/h5-9H,1-4H3. The fraction of sp³-hybridized carbons (Fsp3) is 0.357. The van der Waals surface area contributed by atoms with Gasteiger partial charge in [-0.05, 0) is 29.0 Å². The van der Waals surface area contributed by atoms with Crippen LogP contribution in [0.1, 0.15) is 31.9 Å². The molecule has 0 aliphatic rings. The van der Waals surface area contributed by atoms with E-state index in [0.717, 1.165) is 0 Å². The van der Waals surface area contributed by atoms with Gasteiger partial charge in [-0.15, -0.1) is 11.3 Å². The van der Waals surface area contributed by atoms with Crippen molar-refractivity contribution in [2.45, 2.75) is 33.1 Å². The molecule has 2 rings (SSSR count). The Morgan fingerprint density at radius 3 is 2.50 bits per heavy atom. The van der Waals surface area contributed by atoms with Crippen LogP contribution in [0.4, 0.5) is 0 Å². The van der Waals surface area contributed by atoms with Gasteiger partial charge in [-0.25, -0.2) is 0 Å². The van der Waals surface area contributed by atoms with Gasteiger partial charge in [0, 0.05) is 6.20 Å². The Morgan fingerprint density at radius 1 is 1.19 bits per heavy atom. The molecule has 0 spiro atoms. The lowest BCUT2D eigenvalue weighted by Gasteiger charge is -2.23. The normalized spacial score (nSPS) is 11.8. The summed E-state index contributed by atoms with van der Waals surface area (Å²) in [5.74, 6) is 0. The summed E-state index contributed by atoms with van der Waals surface area (Å²) in [5, 5.41) is 0. The molecule has 0 bridgehead atoms. The van der Waals surface area contributed by atoms with Crippen LogP contribution in [0.2, 0.25) is 0 Å². The fourth-order valence-electron chi connectivity index (χ4n) is 2.06. The number of rotatable bonds is 1. The monoisotopic (exact) mass is 231 g/mol. The summed E-state index contributed by atoms with van der Waals surface area (Å²) >= 11 is 1.70. The topological polar surface area (TPSA) is 12.9 Å². The van der Waals surface area contributed by atoms with Crippen molar-refractivity contribution in [2.75, 3.05) is 0 Å². The zero-order chi connectivity index (χ0) is 11.8. The molecule has 2 heteroatoms. The van der Waals surface area contributed by atoms with Crippen molar-refractivity contribution >= 4 is 11.3 Å². The third-order valence-electron chi connectivity index (χ3n) is 2.84. The minimum atomic E-state index is 0.199. The second kappa shape index (κ2) is 4.02. The molecule has 0 radical (unpaired) electrons. The van der Waals surface area contributed by atoms with Crippen LogP contribution in [0.5, 0.6) is 0 Å². The van der Waals surface area contributed by atoms with E-state index in [9.17, 15) is 0 Å². The Kier molecular flexibility index (Phi) is 2.85. The van der Waals surface area contributed by atoms with Gasteiger partial charge < -0.3 is 0 Å². The Labute approximate surface area is 101 Å². The first-order valence-electron chi connectivity index (χ1n) is 5.49. The van der Waals surface area contributed by atoms with Gasteiger partial charge in [-0.2, -0.15) is 0 Å². The summed E-state index contributed by atoms with van der Waals surface area (Å²) in [7, 11) is 0. The molecule has 0 N–H and O–H groups in total. The molecule has 0 aliphatic carbocycles. The van der Waals surface area contributed by atoms with E-state index in [1.54, 1.807) is 11.3 Å². The lowest BCUT2D eigenvalue weighted by molar-refractivity contribution is 0.586. The van der Waals surface area contributed by atoms with E-state index in [1.807, 2.05) is 11.7 Å². The lowest BCUT2D eigenvalue weighted by Crippen LogP contribution is -2.13. The molecule has 0 amide bonds. The number of nitrogens with zero attached hydrogens (tertiary/aromatic N) is 1. The van der Waals surface area contributed by atoms with Gasteiger partial charge in [-0.1, -0.05) is 39.0 Å². The summed E-state index contributed by atoms with van der Waals surface area (Å²) in [6.45, 7) is 8.97. The Morgan fingerprint density at radius 2 is 1.94 bits per heavy atom. The van der Waals surface area contributed by atoms with Gasteiger partial charge in [0.2, 0.25) is 0 Å². The molecule has 84 valence electrons. The quantitative estimate of drug-likeness (QED) is 0.708. The van der Waals surface area contributed by atoms with Crippen molar-refractivity contribution < 1.29 is 0 Å². The van der Waals surface area contributed by atoms with Crippen molar-refractivity contribution in [1.82, 2.24) is 4.98 Å². The molecule has 2 aromatic rings. The summed E-state index contributed by atoms with van der Waals surface area (Å²) in [6, 6.07) is 6.54. The van der Waals surface area contributed by atoms with E-state index in [4.69, 9.17) is 0 Å². The van der Waals surface area contributed by atoms with Crippen LogP contribution in [-0.2, 0) is 5.41 Å². The summed E-state index contributed by atoms with van der Waals surface area (Å²) in [6.07, 6.45) is 1.94. The summed E-state index contributed by atoms with van der Waals surface area (Å²) in [4.78, 5) is 5.40. The van der Waals surface area contributed by atoms with Gasteiger partial charge in [0.25, 0.3) is 0 Å². The molecule has 1 heterocycles. The summed E-state index contributed by atoms with van der Waals surface area (Å²) < 4.78 is 0. The first-order valence-corrected chi connectivity index (χ1v) is 6.37. The maximum atomic E-state index is 4.15. The number of hydrogen-bond donors (Lipinski definition) is 0. The molecular formula is C14H17NS. The molecule has 0 atom stereocenters. The molecule has 0 saturated carbocycles. The van der Waals surface area contributed by atoms with Crippen LogP contribution in [0, 0.1) is 6.92 Å². The maximum absolute atomic E-state index is 4.15. The fourth-order valence-corrected chi connectivity index (χ4v) is 2.77. The number of thiazole rings is 1. The lowest BCUT2D eigenvalue weighted by atomic mass is 9.82. The van der Waals surface area contributed by atoms with Crippen molar-refractivity contribution in [2.24, 2.45) is 0 Å². The molecule has 0 aliphatic heterocycles. The van der Waals surface area contributed by atoms with Crippen molar-refractivity contribution in [3.05, 3.63) is 41.0 Å². The SMILES string of the molecule is Cc1c(-c2cncs2)cccc1C(C)(C)C. The first-order chi connectivity index (χ1) is 7.50. The second-order valence-electron chi connectivity index (χ2n) is 5.09. The predicted molar refractivity (Wildman–Crippen MR) is 71.0 cm³/mol. The van der Waals surface area contributed by atoms with Gasteiger partial charge in [-0.3, -0.25) is 4.98 Å². The van der Waals surface area contributed by atoms with Crippen molar-refractivity contribution in [3.63, 3.8) is 0 Å². The van der Waals surface area contributed by atoms with Gasteiger partial charge in [0.1, 0.15) is 0 Å². The van der Waals surface area contributed by atoms with Crippen LogP contribution < -0.4 is 0 Å². The van der Waals surface area contributed by atoms with Gasteiger partial charge in [0.05, 0.1) is 10.4 Å². The molecule has 16 heavy (non-hydrogen) atoms. The van der Waals surface area contributed by atoms with Crippen LogP contribution >= 0.6 is 11.3 Å². The highest BCUT2D eigenvalue weighted by Gasteiger charge is 2.18. The average Bonchev–Trinajstić information content (AvgIpc) is 2.69. The molecule has 1 aromatic heterocycles. The van der Waals surface area contributed by atoms with Crippen LogP contribution in [0.15, 0.2) is 29.9 Å². The smallest absolute Gasteiger partial charge is 0.0797 e. The highest BCUT2D eigenvalue weighted by molar-refractivity contribution is 7.13. The minimum Gasteiger partial charge on any atom is -0.252 e. The van der Waals surface area contributed by atoms with E-state index < -0.39 is 0 Å². The van der Waals surface area contributed by atoms with E-state index in [-0.39, 0.29) is 5.41 Å². The zero-order valence-corrected chi connectivity index (χ0v) is 11.1. The molecular weight excluding hydrogens is 214 g/mol. The second-order valence-corrected chi connectivity index (χ2v) is 5.98. The Bertz CT molecular complexity index is 478. The average molecular weight is 231 g/mol. The minimum absolute atomic E-state index is 0.199. The highest BCUT2D eigenvalue weighted by atomic mass is 32.1. The predicted octanol–water partition coefficient (Wildman–Crippen LogP) is 4.42. The first kappa shape index (κ1) is 11.3. The summed E-state index contributed by atoms with van der Waals surface area (Å²) in [5.41, 5.74) is 6.19. The molecule has 1 nitrogen and oxygen atoms in total. The zero-order valence-electron chi connectivity index (χ0n) is 10.2. The van der Waals surface area contributed by atoms with Crippen molar-refractivity contribution in [1.29, 1.82) is 0 Å². The van der Waals surface area contributed by atoms with E-state index in [0.29, 0.717) is 0 Å². The molecule has 1 aromatic carbocycles. The number of benzene rings is 1. The third-order valence-corrected chi connectivity index (χ3v) is 3.65. The molecule has 0 fully saturated rings. The van der Waals surface area contributed by atoms with E-state index in [2.05, 4.69) is 50.9 Å². The molecule has 0 saturated heterocycles. The Hall–Kier alpha value is -1.15. The Balaban J connectivity index is 2.58. The van der Waals surface area contributed by atoms with Crippen molar-refractivity contribution in [3.8, 4) is 10.4 Å². The van der Waals surface area contributed by atoms with E-state index in [1.165, 1.54) is 21.6 Å². The van der Waals surface area contributed by atoms with Gasteiger partial charge >= 0.3 is 0 Å². The van der Waals surface area contributed by atoms with E-state index >= 15 is 0 Å². The largest absolute Gasteiger partial charge is 0.252 e. The third kappa shape index (κ3) is 2.03. The van der Waals surface area contributed by atoms with Crippen LogP contribution in [0.25, 0.3) is 10.4 Å².